The number of fused-ring (bicyclic) bond motifs is 1. The Morgan fingerprint density at radius 3 is 2.82 bits per heavy atom. The van der Waals surface area contributed by atoms with Gasteiger partial charge in [-0.3, -0.25) is 4.79 Å². The van der Waals surface area contributed by atoms with Gasteiger partial charge in [0.2, 0.25) is 0 Å². The SMILES string of the molecule is COc1ccccc1[C@H]1SCCN1C(=O)c1cc2cc(Br)cc(Br)c2oc1=O. The Morgan fingerprint density at radius 1 is 1.25 bits per heavy atom. The van der Waals surface area contributed by atoms with Crippen molar-refractivity contribution in [1.82, 2.24) is 4.90 Å². The quantitative estimate of drug-likeness (QED) is 0.440. The molecule has 1 fully saturated rings. The van der Waals surface area contributed by atoms with E-state index in [4.69, 9.17) is 9.15 Å². The minimum Gasteiger partial charge on any atom is -0.496 e. The second-order valence-corrected chi connectivity index (χ2v) is 9.18. The van der Waals surface area contributed by atoms with Crippen molar-refractivity contribution < 1.29 is 13.9 Å². The molecule has 3 aromatic rings. The molecule has 1 aliphatic heterocycles. The number of ether oxygens (including phenoxy) is 1. The minimum absolute atomic E-state index is 0.0277. The van der Waals surface area contributed by atoms with Crippen LogP contribution in [0.2, 0.25) is 0 Å². The molecule has 0 unspecified atom stereocenters. The average Bonchev–Trinajstić information content (AvgIpc) is 3.17. The summed E-state index contributed by atoms with van der Waals surface area (Å²) in [7, 11) is 1.61. The number of thioether (sulfide) groups is 1. The van der Waals surface area contributed by atoms with E-state index >= 15 is 0 Å². The molecule has 0 saturated carbocycles. The molecule has 28 heavy (non-hydrogen) atoms. The third kappa shape index (κ3) is 3.49. The number of rotatable bonds is 3. The van der Waals surface area contributed by atoms with Crippen molar-refractivity contribution in [3.63, 3.8) is 0 Å². The summed E-state index contributed by atoms with van der Waals surface area (Å²) < 4.78 is 12.4. The second kappa shape index (κ2) is 7.93. The van der Waals surface area contributed by atoms with E-state index < -0.39 is 5.63 Å². The molecule has 1 saturated heterocycles. The number of carbonyl (C=O) groups is 1. The van der Waals surface area contributed by atoms with Crippen LogP contribution in [0.15, 0.2) is 60.6 Å². The van der Waals surface area contributed by atoms with Gasteiger partial charge in [0.1, 0.15) is 16.7 Å². The Balaban J connectivity index is 1.76. The second-order valence-electron chi connectivity index (χ2n) is 6.22. The van der Waals surface area contributed by atoms with Crippen LogP contribution >= 0.6 is 43.6 Å². The fourth-order valence-corrected chi connectivity index (χ4v) is 5.89. The van der Waals surface area contributed by atoms with Crippen molar-refractivity contribution in [3.8, 4) is 5.75 Å². The standard InChI is InChI=1S/C20H15Br2NO4S/c1-26-16-5-3-2-4-13(16)19-23(6-7-28-19)18(24)14-9-11-8-12(21)10-15(22)17(11)27-20(14)25/h2-5,8-10,19H,6-7H2,1H3/t19-/m1/s1. The van der Waals surface area contributed by atoms with Gasteiger partial charge in [-0.2, -0.15) is 0 Å². The van der Waals surface area contributed by atoms with E-state index in [1.165, 1.54) is 0 Å². The lowest BCUT2D eigenvalue weighted by Crippen LogP contribution is -2.33. The molecule has 0 bridgehead atoms. The van der Waals surface area contributed by atoms with E-state index in [1.54, 1.807) is 35.9 Å². The minimum atomic E-state index is -0.642. The summed E-state index contributed by atoms with van der Waals surface area (Å²) in [5.74, 6) is 1.16. The molecular weight excluding hydrogens is 510 g/mol. The van der Waals surface area contributed by atoms with E-state index in [1.807, 2.05) is 30.3 Å². The van der Waals surface area contributed by atoms with E-state index in [0.29, 0.717) is 22.0 Å². The molecule has 0 N–H and O–H groups in total. The van der Waals surface area contributed by atoms with Crippen LogP contribution in [-0.2, 0) is 0 Å². The van der Waals surface area contributed by atoms with Crippen LogP contribution in [0.1, 0.15) is 21.3 Å². The molecular formula is C20H15Br2NO4S. The summed E-state index contributed by atoms with van der Waals surface area (Å²) in [4.78, 5) is 27.5. The molecule has 5 nitrogen and oxygen atoms in total. The Morgan fingerprint density at radius 2 is 2.04 bits per heavy atom. The first kappa shape index (κ1) is 19.5. The first-order valence-electron chi connectivity index (χ1n) is 8.48. The molecule has 1 aromatic heterocycles. The first-order chi connectivity index (χ1) is 13.5. The molecule has 0 radical (unpaired) electrons. The lowest BCUT2D eigenvalue weighted by molar-refractivity contribution is 0.0755. The van der Waals surface area contributed by atoms with Crippen LogP contribution in [-0.4, -0.2) is 30.2 Å². The molecule has 2 aromatic carbocycles. The summed E-state index contributed by atoms with van der Waals surface area (Å²) in [6.45, 7) is 0.547. The Kier molecular flexibility index (Phi) is 5.53. The Bertz CT molecular complexity index is 1130. The van der Waals surface area contributed by atoms with Gasteiger partial charge in [0.15, 0.2) is 5.58 Å². The van der Waals surface area contributed by atoms with Crippen molar-refractivity contribution in [3.05, 3.63) is 73.0 Å². The van der Waals surface area contributed by atoms with E-state index in [0.717, 1.165) is 21.5 Å². The van der Waals surface area contributed by atoms with Crippen molar-refractivity contribution in [1.29, 1.82) is 0 Å². The molecule has 0 spiro atoms. The van der Waals surface area contributed by atoms with Crippen LogP contribution in [0.5, 0.6) is 5.75 Å². The number of amides is 1. The molecule has 1 amide bonds. The van der Waals surface area contributed by atoms with Crippen molar-refractivity contribution >= 4 is 60.5 Å². The first-order valence-corrected chi connectivity index (χ1v) is 11.1. The summed E-state index contributed by atoms with van der Waals surface area (Å²) >= 11 is 8.46. The van der Waals surface area contributed by atoms with Gasteiger partial charge in [-0.05, 0) is 40.2 Å². The smallest absolute Gasteiger partial charge is 0.349 e. The monoisotopic (exact) mass is 523 g/mol. The lowest BCUT2D eigenvalue weighted by atomic mass is 10.1. The molecule has 4 rings (SSSR count). The van der Waals surface area contributed by atoms with Crippen LogP contribution in [0, 0.1) is 0 Å². The lowest BCUT2D eigenvalue weighted by Gasteiger charge is -2.25. The number of para-hydroxylation sites is 1. The zero-order chi connectivity index (χ0) is 19.8. The molecule has 1 atom stereocenters. The highest BCUT2D eigenvalue weighted by Crippen LogP contribution is 2.42. The summed E-state index contributed by atoms with van der Waals surface area (Å²) in [5.41, 5.74) is 0.717. The number of benzene rings is 2. The number of carbonyl (C=O) groups excluding carboxylic acids is 1. The maximum atomic E-state index is 13.3. The van der Waals surface area contributed by atoms with Crippen molar-refractivity contribution in [2.75, 3.05) is 19.4 Å². The third-order valence-electron chi connectivity index (χ3n) is 4.54. The highest BCUT2D eigenvalue weighted by atomic mass is 79.9. The van der Waals surface area contributed by atoms with Crippen LogP contribution in [0.4, 0.5) is 0 Å². The summed E-state index contributed by atoms with van der Waals surface area (Å²) in [6.07, 6.45) is 0. The number of hydrogen-bond donors (Lipinski definition) is 0. The maximum Gasteiger partial charge on any atom is 0.349 e. The molecule has 1 aliphatic rings. The van der Waals surface area contributed by atoms with Gasteiger partial charge in [0.25, 0.3) is 5.91 Å². The zero-order valence-electron chi connectivity index (χ0n) is 14.8. The van der Waals surface area contributed by atoms with Crippen LogP contribution in [0.3, 0.4) is 0 Å². The number of halogens is 2. The van der Waals surface area contributed by atoms with Gasteiger partial charge in [0.05, 0.1) is 11.6 Å². The van der Waals surface area contributed by atoms with Gasteiger partial charge in [0, 0.05) is 27.7 Å². The third-order valence-corrected chi connectivity index (χ3v) is 6.83. The van der Waals surface area contributed by atoms with E-state index in [9.17, 15) is 9.59 Å². The summed E-state index contributed by atoms with van der Waals surface area (Å²) in [5, 5.41) is 0.456. The fourth-order valence-electron chi connectivity index (χ4n) is 3.27. The number of methoxy groups -OCH3 is 1. The van der Waals surface area contributed by atoms with Gasteiger partial charge in [-0.15, -0.1) is 11.8 Å². The highest BCUT2D eigenvalue weighted by molar-refractivity contribution is 9.11. The van der Waals surface area contributed by atoms with Gasteiger partial charge < -0.3 is 14.1 Å². The van der Waals surface area contributed by atoms with E-state index in [-0.39, 0.29) is 16.8 Å². The zero-order valence-corrected chi connectivity index (χ0v) is 18.8. The normalized spacial score (nSPS) is 16.5. The number of hydrogen-bond acceptors (Lipinski definition) is 5. The number of nitrogens with zero attached hydrogens (tertiary/aromatic N) is 1. The molecule has 144 valence electrons. The van der Waals surface area contributed by atoms with Crippen molar-refractivity contribution in [2.45, 2.75) is 5.37 Å². The predicted molar refractivity (Wildman–Crippen MR) is 117 cm³/mol. The van der Waals surface area contributed by atoms with Crippen LogP contribution < -0.4 is 10.4 Å². The maximum absolute atomic E-state index is 13.3. The van der Waals surface area contributed by atoms with E-state index in [2.05, 4.69) is 31.9 Å². The van der Waals surface area contributed by atoms with Gasteiger partial charge >= 0.3 is 5.63 Å². The Labute approximate surface area is 182 Å². The molecule has 8 heteroatoms. The van der Waals surface area contributed by atoms with Gasteiger partial charge in [-0.25, -0.2) is 4.79 Å². The van der Waals surface area contributed by atoms with Gasteiger partial charge in [-0.1, -0.05) is 34.1 Å². The topological polar surface area (TPSA) is 59.8 Å². The summed E-state index contributed by atoms with van der Waals surface area (Å²) in [6, 6.07) is 12.8. The molecule has 2 heterocycles. The predicted octanol–water partition coefficient (Wildman–Crippen LogP) is 5.21. The molecule has 0 aliphatic carbocycles. The van der Waals surface area contributed by atoms with Crippen LogP contribution in [0.25, 0.3) is 11.0 Å². The average molecular weight is 525 g/mol. The van der Waals surface area contributed by atoms with Crippen molar-refractivity contribution in [2.24, 2.45) is 0 Å². The fraction of sp³-hybridized carbons (Fsp3) is 0.200. The Hall–Kier alpha value is -1.77. The highest BCUT2D eigenvalue weighted by Gasteiger charge is 2.34. The largest absolute Gasteiger partial charge is 0.496 e.